The average Bonchev–Trinajstić information content (AvgIpc) is 3.38. The number of nitrogens with zero attached hydrogens (tertiary/aromatic N) is 1. The predicted octanol–water partition coefficient (Wildman–Crippen LogP) is 4.22. The van der Waals surface area contributed by atoms with Crippen LogP contribution < -0.4 is 10.0 Å². The summed E-state index contributed by atoms with van der Waals surface area (Å²) in [5.74, 6) is -1.84. The van der Waals surface area contributed by atoms with Crippen molar-refractivity contribution in [3.05, 3.63) is 71.2 Å². The Morgan fingerprint density at radius 2 is 1.81 bits per heavy atom. The molecule has 37 heavy (non-hydrogen) atoms. The molecule has 12 heteroatoms. The van der Waals surface area contributed by atoms with Crippen LogP contribution in [0.2, 0.25) is 5.02 Å². The van der Waals surface area contributed by atoms with Crippen LogP contribution in [0.1, 0.15) is 17.9 Å². The summed E-state index contributed by atoms with van der Waals surface area (Å²) in [6.45, 7) is 1.92. The minimum atomic E-state index is -4.11. The molecule has 1 aromatic heterocycles. The van der Waals surface area contributed by atoms with E-state index in [9.17, 15) is 23.1 Å². The molecule has 1 saturated heterocycles. The Kier molecular flexibility index (Phi) is 6.99. The number of carbonyl (C=O) groups is 2. The van der Waals surface area contributed by atoms with Gasteiger partial charge in [0.2, 0.25) is 0 Å². The van der Waals surface area contributed by atoms with Gasteiger partial charge in [-0.1, -0.05) is 35.9 Å². The number of halogens is 1. The van der Waals surface area contributed by atoms with E-state index in [0.29, 0.717) is 42.6 Å². The second kappa shape index (κ2) is 10.1. The molecule has 1 aliphatic carbocycles. The van der Waals surface area contributed by atoms with Crippen LogP contribution in [0.5, 0.6) is 0 Å². The molecule has 0 spiro atoms. The van der Waals surface area contributed by atoms with Crippen molar-refractivity contribution in [1.82, 2.24) is 9.62 Å². The van der Waals surface area contributed by atoms with Crippen LogP contribution >= 0.6 is 22.9 Å². The SMILES string of the molecule is O=C(Nc1cccc(C2CC2(NS(=O)(=O)c2ccc(-c3ccc(Cl)cc3)s2)C(=O)O)c1)N1CCOCC1. The van der Waals surface area contributed by atoms with Crippen molar-refractivity contribution in [2.75, 3.05) is 31.6 Å². The molecule has 2 aromatic carbocycles. The van der Waals surface area contributed by atoms with Crippen molar-refractivity contribution in [2.45, 2.75) is 22.1 Å². The van der Waals surface area contributed by atoms with E-state index in [1.165, 1.54) is 6.07 Å². The Labute approximate surface area is 223 Å². The largest absolute Gasteiger partial charge is 0.480 e. The lowest BCUT2D eigenvalue weighted by Gasteiger charge is -2.27. The maximum Gasteiger partial charge on any atom is 0.325 e. The number of aliphatic carboxylic acids is 1. The first-order valence-corrected chi connectivity index (χ1v) is 14.2. The second-order valence-electron chi connectivity index (χ2n) is 8.92. The van der Waals surface area contributed by atoms with Crippen molar-refractivity contribution in [1.29, 1.82) is 0 Å². The van der Waals surface area contributed by atoms with Gasteiger partial charge in [0.05, 0.1) is 13.2 Å². The molecule has 1 aliphatic heterocycles. The van der Waals surface area contributed by atoms with Crippen LogP contribution in [0.25, 0.3) is 10.4 Å². The molecule has 2 unspecified atom stereocenters. The van der Waals surface area contributed by atoms with Crippen molar-refractivity contribution in [3.8, 4) is 10.4 Å². The highest BCUT2D eigenvalue weighted by Gasteiger charge is 2.63. The third-order valence-electron chi connectivity index (χ3n) is 6.47. The van der Waals surface area contributed by atoms with Crippen molar-refractivity contribution in [2.24, 2.45) is 0 Å². The predicted molar refractivity (Wildman–Crippen MR) is 141 cm³/mol. The molecule has 3 N–H and O–H groups in total. The Morgan fingerprint density at radius 3 is 2.51 bits per heavy atom. The van der Waals surface area contributed by atoms with Crippen LogP contribution in [-0.4, -0.2) is 62.3 Å². The molecule has 9 nitrogen and oxygen atoms in total. The summed E-state index contributed by atoms with van der Waals surface area (Å²) >= 11 is 6.99. The van der Waals surface area contributed by atoms with E-state index in [1.807, 2.05) is 0 Å². The third-order valence-corrected chi connectivity index (χ3v) is 9.86. The van der Waals surface area contributed by atoms with Crippen molar-refractivity contribution < 1.29 is 27.9 Å². The number of ether oxygens (including phenoxy) is 1. The molecule has 3 aromatic rings. The highest BCUT2D eigenvalue weighted by molar-refractivity contribution is 7.91. The van der Waals surface area contributed by atoms with Crippen LogP contribution in [0.4, 0.5) is 10.5 Å². The van der Waals surface area contributed by atoms with E-state index in [1.54, 1.807) is 59.5 Å². The number of nitrogens with one attached hydrogen (secondary N) is 2. The maximum atomic E-state index is 13.2. The summed E-state index contributed by atoms with van der Waals surface area (Å²) in [6, 6.07) is 16.7. The smallest absolute Gasteiger partial charge is 0.325 e. The number of carbonyl (C=O) groups excluding carboxylic acids is 1. The van der Waals surface area contributed by atoms with Gasteiger partial charge in [-0.05, 0) is 53.9 Å². The molecule has 2 amide bonds. The topological polar surface area (TPSA) is 125 Å². The number of urea groups is 1. The number of thiophene rings is 1. The first kappa shape index (κ1) is 25.7. The standard InChI is InChI=1S/C25H24ClN3O6S2/c26-18-6-4-16(5-7-18)21-8-9-22(36-21)37(33,34)28-25(23(30)31)15-20(25)17-2-1-3-19(14-17)27-24(32)29-10-12-35-13-11-29/h1-9,14,20,28H,10-13,15H2,(H,27,32)(H,30,31). The first-order valence-electron chi connectivity index (χ1n) is 11.5. The van der Waals surface area contributed by atoms with E-state index < -0.39 is 27.4 Å². The highest BCUT2D eigenvalue weighted by Crippen LogP contribution is 2.53. The van der Waals surface area contributed by atoms with E-state index >= 15 is 0 Å². The Hall–Kier alpha value is -2.96. The summed E-state index contributed by atoms with van der Waals surface area (Å²) in [6.07, 6.45) is 0.0951. The van der Waals surface area contributed by atoms with Crippen LogP contribution in [0, 0.1) is 0 Å². The third kappa shape index (κ3) is 5.36. The quantitative estimate of drug-likeness (QED) is 0.396. The number of hydrogen-bond acceptors (Lipinski definition) is 6. The number of carboxylic acids is 1. The number of morpholine rings is 1. The molecule has 194 valence electrons. The number of carboxylic acid groups (broad SMARTS) is 1. The summed E-state index contributed by atoms with van der Waals surface area (Å²) in [4.78, 5) is 27.2. The molecular formula is C25H24ClN3O6S2. The summed E-state index contributed by atoms with van der Waals surface area (Å²) in [7, 11) is -4.11. The number of anilines is 1. The number of rotatable bonds is 7. The maximum absolute atomic E-state index is 13.2. The molecule has 2 heterocycles. The Morgan fingerprint density at radius 1 is 1.08 bits per heavy atom. The summed E-state index contributed by atoms with van der Waals surface area (Å²) in [5.41, 5.74) is 0.270. The second-order valence-corrected chi connectivity index (χ2v) is 12.3. The van der Waals surface area contributed by atoms with Gasteiger partial charge in [-0.2, -0.15) is 4.72 Å². The number of benzene rings is 2. The summed E-state index contributed by atoms with van der Waals surface area (Å²) < 4.78 is 34.1. The fraction of sp³-hybridized carbons (Fsp3) is 0.280. The molecule has 0 radical (unpaired) electrons. The van der Waals surface area contributed by atoms with Gasteiger partial charge in [-0.25, -0.2) is 13.2 Å². The van der Waals surface area contributed by atoms with E-state index in [0.717, 1.165) is 21.8 Å². The Bertz CT molecular complexity index is 1440. The lowest BCUT2D eigenvalue weighted by atomic mass is 10.1. The first-order chi connectivity index (χ1) is 17.7. The highest BCUT2D eigenvalue weighted by atomic mass is 35.5. The normalized spacial score (nSPS) is 21.4. The van der Waals surface area contributed by atoms with Gasteiger partial charge >= 0.3 is 12.0 Å². The van der Waals surface area contributed by atoms with Gasteiger partial charge in [0, 0.05) is 34.6 Å². The molecule has 2 aliphatic rings. The van der Waals surface area contributed by atoms with Gasteiger partial charge in [-0.15, -0.1) is 11.3 Å². The average molecular weight is 562 g/mol. The minimum Gasteiger partial charge on any atom is -0.480 e. The van der Waals surface area contributed by atoms with Crippen LogP contribution in [0.15, 0.2) is 64.9 Å². The molecule has 5 rings (SSSR count). The fourth-order valence-electron chi connectivity index (χ4n) is 4.38. The zero-order chi connectivity index (χ0) is 26.2. The fourth-order valence-corrected chi connectivity index (χ4v) is 7.23. The monoisotopic (exact) mass is 561 g/mol. The molecule has 2 fully saturated rings. The van der Waals surface area contributed by atoms with Crippen LogP contribution in [-0.2, 0) is 19.6 Å². The Balaban J connectivity index is 1.32. The van der Waals surface area contributed by atoms with Gasteiger partial charge < -0.3 is 20.1 Å². The van der Waals surface area contributed by atoms with E-state index in [-0.39, 0.29) is 16.7 Å². The molecule has 1 saturated carbocycles. The molecule has 2 atom stereocenters. The zero-order valence-corrected chi connectivity index (χ0v) is 21.9. The van der Waals surface area contributed by atoms with Crippen molar-refractivity contribution in [3.63, 3.8) is 0 Å². The lowest BCUT2D eigenvalue weighted by molar-refractivity contribution is -0.140. The number of sulfonamides is 1. The van der Waals surface area contributed by atoms with Gasteiger partial charge in [0.25, 0.3) is 10.0 Å². The minimum absolute atomic E-state index is 0.0234. The van der Waals surface area contributed by atoms with Crippen molar-refractivity contribution >= 4 is 50.6 Å². The summed E-state index contributed by atoms with van der Waals surface area (Å²) in [5, 5.41) is 13.4. The van der Waals surface area contributed by atoms with Gasteiger partial charge in [0.1, 0.15) is 9.75 Å². The van der Waals surface area contributed by atoms with Gasteiger partial charge in [0.15, 0.2) is 0 Å². The van der Waals surface area contributed by atoms with E-state index in [2.05, 4.69) is 10.0 Å². The zero-order valence-electron chi connectivity index (χ0n) is 19.5. The lowest BCUT2D eigenvalue weighted by Crippen LogP contribution is -2.44. The number of amides is 2. The van der Waals surface area contributed by atoms with E-state index in [4.69, 9.17) is 16.3 Å². The molecular weight excluding hydrogens is 538 g/mol. The molecule has 0 bridgehead atoms. The van der Waals surface area contributed by atoms with Gasteiger partial charge in [-0.3, -0.25) is 4.79 Å². The van der Waals surface area contributed by atoms with Crippen LogP contribution in [0.3, 0.4) is 0 Å². The number of hydrogen-bond donors (Lipinski definition) is 3.